The number of fused-ring (bicyclic) bond motifs is 9. The lowest BCUT2D eigenvalue weighted by molar-refractivity contribution is 0.660. The molecular formula is C55H39N. The van der Waals surface area contributed by atoms with E-state index in [9.17, 15) is 0 Å². The molecule has 10 aromatic rings. The number of anilines is 3. The van der Waals surface area contributed by atoms with Gasteiger partial charge in [-0.1, -0.05) is 166 Å². The van der Waals surface area contributed by atoms with Gasteiger partial charge in [-0.3, -0.25) is 0 Å². The SMILES string of the molecule is CC1(C)c2ccccc2-c2ccc(N(c3ccc(-c4ccc5ccc6c7ccccc7ccc6c5c4)cc3)c3cccc(-c4ccc5ccccc5c4)c3)cc21. The third-order valence-electron chi connectivity index (χ3n) is 12.2. The molecule has 11 rings (SSSR count). The normalized spacial score (nSPS) is 13.0. The Balaban J connectivity index is 1.03. The van der Waals surface area contributed by atoms with E-state index in [1.54, 1.807) is 0 Å². The Morgan fingerprint density at radius 2 is 0.875 bits per heavy atom. The molecule has 1 heteroatoms. The molecule has 1 aliphatic carbocycles. The van der Waals surface area contributed by atoms with Crippen molar-refractivity contribution in [2.75, 3.05) is 4.90 Å². The van der Waals surface area contributed by atoms with Crippen molar-refractivity contribution in [3.8, 4) is 33.4 Å². The lowest BCUT2D eigenvalue weighted by atomic mass is 9.82. The molecule has 56 heavy (non-hydrogen) atoms. The molecule has 0 radical (unpaired) electrons. The second-order valence-electron chi connectivity index (χ2n) is 15.8. The Morgan fingerprint density at radius 1 is 0.304 bits per heavy atom. The summed E-state index contributed by atoms with van der Waals surface area (Å²) >= 11 is 0. The first-order valence-electron chi connectivity index (χ1n) is 19.6. The Hall–Kier alpha value is -6.96. The minimum atomic E-state index is -0.100. The van der Waals surface area contributed by atoms with E-state index in [1.807, 2.05) is 0 Å². The Bertz CT molecular complexity index is 3170. The molecule has 0 bridgehead atoms. The van der Waals surface area contributed by atoms with E-state index in [2.05, 4.69) is 219 Å². The van der Waals surface area contributed by atoms with Gasteiger partial charge in [0.05, 0.1) is 0 Å². The molecule has 0 saturated heterocycles. The molecule has 0 spiro atoms. The molecule has 1 aliphatic rings. The summed E-state index contributed by atoms with van der Waals surface area (Å²) in [6.07, 6.45) is 0. The standard InChI is InChI=1S/C55H39N/c1-55(2)53-17-8-7-16-50(53)51-31-28-46(35-54(51)55)56(45-14-9-13-41(33-45)42-20-18-36-10-3-4-12-40(36)32-42)44-26-22-37(23-27-44)43-21-19-39-25-29-48-47-15-6-5-11-38(47)24-30-49(48)52(39)34-43/h3-35H,1-2H3. The summed E-state index contributed by atoms with van der Waals surface area (Å²) in [5, 5.41) is 10.2. The molecule has 10 aromatic carbocycles. The van der Waals surface area contributed by atoms with Crippen LogP contribution in [0.25, 0.3) is 76.5 Å². The summed E-state index contributed by atoms with van der Waals surface area (Å²) < 4.78 is 0. The second-order valence-corrected chi connectivity index (χ2v) is 15.8. The maximum atomic E-state index is 2.42. The molecule has 0 heterocycles. The lowest BCUT2D eigenvalue weighted by Gasteiger charge is -2.28. The molecule has 0 N–H and O–H groups in total. The highest BCUT2D eigenvalue weighted by Crippen LogP contribution is 2.51. The molecular weight excluding hydrogens is 675 g/mol. The molecule has 264 valence electrons. The van der Waals surface area contributed by atoms with E-state index in [0.29, 0.717) is 0 Å². The summed E-state index contributed by atoms with van der Waals surface area (Å²) in [5.41, 5.74) is 13.5. The van der Waals surface area contributed by atoms with E-state index >= 15 is 0 Å². The van der Waals surface area contributed by atoms with E-state index in [1.165, 1.54) is 87.6 Å². The van der Waals surface area contributed by atoms with Gasteiger partial charge >= 0.3 is 0 Å². The number of hydrogen-bond acceptors (Lipinski definition) is 1. The average Bonchev–Trinajstić information content (AvgIpc) is 3.48. The minimum Gasteiger partial charge on any atom is -0.310 e. The summed E-state index contributed by atoms with van der Waals surface area (Å²) in [6, 6.07) is 74.1. The summed E-state index contributed by atoms with van der Waals surface area (Å²) in [7, 11) is 0. The van der Waals surface area contributed by atoms with Gasteiger partial charge in [-0.15, -0.1) is 0 Å². The molecule has 1 nitrogen and oxygen atoms in total. The summed E-state index contributed by atoms with van der Waals surface area (Å²) in [4.78, 5) is 2.42. The van der Waals surface area contributed by atoms with Crippen molar-refractivity contribution in [3.05, 3.63) is 211 Å². The smallest absolute Gasteiger partial charge is 0.0467 e. The summed E-state index contributed by atoms with van der Waals surface area (Å²) in [5.74, 6) is 0. The number of rotatable bonds is 5. The molecule has 0 amide bonds. The van der Waals surface area contributed by atoms with E-state index in [-0.39, 0.29) is 5.41 Å². The Labute approximate surface area is 327 Å². The maximum absolute atomic E-state index is 2.42. The van der Waals surface area contributed by atoms with Crippen molar-refractivity contribution < 1.29 is 0 Å². The van der Waals surface area contributed by atoms with Crippen LogP contribution in [-0.4, -0.2) is 0 Å². The van der Waals surface area contributed by atoms with E-state index in [4.69, 9.17) is 0 Å². The van der Waals surface area contributed by atoms with Crippen molar-refractivity contribution >= 4 is 60.2 Å². The number of hydrogen-bond donors (Lipinski definition) is 0. The van der Waals surface area contributed by atoms with Crippen molar-refractivity contribution in [1.82, 2.24) is 0 Å². The van der Waals surface area contributed by atoms with Gasteiger partial charge in [0.15, 0.2) is 0 Å². The monoisotopic (exact) mass is 713 g/mol. The van der Waals surface area contributed by atoms with Gasteiger partial charge < -0.3 is 4.90 Å². The molecule has 0 aromatic heterocycles. The first-order chi connectivity index (χ1) is 27.5. The van der Waals surface area contributed by atoms with Crippen LogP contribution in [0, 0.1) is 0 Å². The highest BCUT2D eigenvalue weighted by atomic mass is 15.1. The molecule has 0 atom stereocenters. The van der Waals surface area contributed by atoms with Crippen LogP contribution in [0.4, 0.5) is 17.1 Å². The van der Waals surface area contributed by atoms with Crippen LogP contribution in [0.3, 0.4) is 0 Å². The van der Waals surface area contributed by atoms with Crippen molar-refractivity contribution in [2.45, 2.75) is 19.3 Å². The minimum absolute atomic E-state index is 0.100. The van der Waals surface area contributed by atoms with Crippen LogP contribution in [0.5, 0.6) is 0 Å². The maximum Gasteiger partial charge on any atom is 0.0467 e. The highest BCUT2D eigenvalue weighted by molar-refractivity contribution is 6.17. The molecule has 0 saturated carbocycles. The summed E-state index contributed by atoms with van der Waals surface area (Å²) in [6.45, 7) is 4.71. The first-order valence-corrected chi connectivity index (χ1v) is 19.6. The van der Waals surface area contributed by atoms with E-state index in [0.717, 1.165) is 17.1 Å². The van der Waals surface area contributed by atoms with Crippen molar-refractivity contribution in [3.63, 3.8) is 0 Å². The third kappa shape index (κ3) is 5.16. The first kappa shape index (κ1) is 32.5. The molecule has 0 aliphatic heterocycles. The van der Waals surface area contributed by atoms with Gasteiger partial charge in [-0.2, -0.15) is 0 Å². The lowest BCUT2D eigenvalue weighted by Crippen LogP contribution is -2.16. The average molecular weight is 714 g/mol. The van der Waals surface area contributed by atoms with Gasteiger partial charge in [0.25, 0.3) is 0 Å². The van der Waals surface area contributed by atoms with Gasteiger partial charge in [0, 0.05) is 22.5 Å². The van der Waals surface area contributed by atoms with Gasteiger partial charge in [0.2, 0.25) is 0 Å². The van der Waals surface area contributed by atoms with Crippen LogP contribution < -0.4 is 4.90 Å². The predicted octanol–water partition coefficient (Wildman–Crippen LogP) is 15.4. The number of nitrogens with zero attached hydrogens (tertiary/aromatic N) is 1. The quantitative estimate of drug-likeness (QED) is 0.161. The van der Waals surface area contributed by atoms with Gasteiger partial charge in [-0.25, -0.2) is 0 Å². The highest BCUT2D eigenvalue weighted by Gasteiger charge is 2.35. The van der Waals surface area contributed by atoms with Crippen molar-refractivity contribution in [1.29, 1.82) is 0 Å². The predicted molar refractivity (Wildman–Crippen MR) is 240 cm³/mol. The van der Waals surface area contributed by atoms with E-state index < -0.39 is 0 Å². The molecule has 0 unspecified atom stereocenters. The second kappa shape index (κ2) is 12.5. The zero-order chi connectivity index (χ0) is 37.4. The Morgan fingerprint density at radius 3 is 1.71 bits per heavy atom. The van der Waals surface area contributed by atoms with Crippen LogP contribution in [0.2, 0.25) is 0 Å². The fraction of sp³-hybridized carbons (Fsp3) is 0.0545. The zero-order valence-electron chi connectivity index (χ0n) is 31.5. The topological polar surface area (TPSA) is 3.24 Å². The van der Waals surface area contributed by atoms with Crippen LogP contribution in [-0.2, 0) is 5.41 Å². The largest absolute Gasteiger partial charge is 0.310 e. The van der Waals surface area contributed by atoms with Crippen LogP contribution >= 0.6 is 0 Å². The van der Waals surface area contributed by atoms with Crippen LogP contribution in [0.1, 0.15) is 25.0 Å². The van der Waals surface area contributed by atoms with Crippen molar-refractivity contribution in [2.24, 2.45) is 0 Å². The zero-order valence-corrected chi connectivity index (χ0v) is 31.5. The Kier molecular flexibility index (Phi) is 7.28. The fourth-order valence-corrected chi connectivity index (χ4v) is 9.27. The number of benzene rings is 10. The molecule has 0 fully saturated rings. The third-order valence-corrected chi connectivity index (χ3v) is 12.2. The van der Waals surface area contributed by atoms with Gasteiger partial charge in [0.1, 0.15) is 0 Å². The van der Waals surface area contributed by atoms with Crippen LogP contribution in [0.15, 0.2) is 200 Å². The van der Waals surface area contributed by atoms with Gasteiger partial charge in [-0.05, 0) is 136 Å². The fourth-order valence-electron chi connectivity index (χ4n) is 9.27.